The maximum Gasteiger partial charge on any atom is 0.123 e. The zero-order valence-electron chi connectivity index (χ0n) is 49.8. The molecule has 0 aromatic heterocycles. The number of hydrogen-bond donors (Lipinski definition) is 0. The summed E-state index contributed by atoms with van der Waals surface area (Å²) in [6.45, 7) is 12.8. The second-order valence-electron chi connectivity index (χ2n) is 22.3. The molecule has 434 valence electrons. The Labute approximate surface area is 477 Å². The van der Waals surface area contributed by atoms with Gasteiger partial charge >= 0.3 is 0 Å². The molecule has 0 aliphatic rings. The van der Waals surface area contributed by atoms with Crippen molar-refractivity contribution in [1.29, 1.82) is 0 Å². The highest BCUT2D eigenvalue weighted by atomic mass is 79.9. The molecule has 0 heterocycles. The van der Waals surface area contributed by atoms with E-state index >= 15 is 0 Å². The highest BCUT2D eigenvalue weighted by molar-refractivity contribution is 9.08. The van der Waals surface area contributed by atoms with Gasteiger partial charge in [0.2, 0.25) is 0 Å². The Bertz CT molecular complexity index is 1550. The maximum atomic E-state index is 6.56. The Morgan fingerprint density at radius 1 is 0.224 bits per heavy atom. The Morgan fingerprint density at radius 2 is 0.408 bits per heavy atom. The third kappa shape index (κ3) is 36.9. The van der Waals surface area contributed by atoms with E-state index in [0.29, 0.717) is 45.0 Å². The molecule has 0 aliphatic carbocycles. The summed E-state index contributed by atoms with van der Waals surface area (Å²) in [6, 6.07) is 18.8. The monoisotopic (exact) mass is 1120 g/mol. The fourth-order valence-electron chi connectivity index (χ4n) is 10.1. The summed E-state index contributed by atoms with van der Waals surface area (Å²) >= 11 is 3.71. The molecule has 0 unspecified atom stereocenters. The number of rotatable bonds is 55. The van der Waals surface area contributed by atoms with Gasteiger partial charge in [-0.3, -0.25) is 0 Å². The third-order valence-corrected chi connectivity index (χ3v) is 15.5. The molecular weight excluding hydrogens is 1000 g/mol. The summed E-state index contributed by atoms with van der Waals surface area (Å²) in [5.74, 6) is 4.96. The van der Waals surface area contributed by atoms with Crippen LogP contribution in [0.5, 0.6) is 34.5 Å². The van der Waals surface area contributed by atoms with E-state index in [2.05, 4.69) is 92.2 Å². The second kappa shape index (κ2) is 49.0. The predicted molar refractivity (Wildman–Crippen MR) is 330 cm³/mol. The van der Waals surface area contributed by atoms with Gasteiger partial charge in [0, 0.05) is 23.5 Å². The first-order valence-electron chi connectivity index (χ1n) is 32.3. The molecule has 3 rings (SSSR count). The summed E-state index contributed by atoms with van der Waals surface area (Å²) < 4.78 is 38.7. The van der Waals surface area contributed by atoms with Gasteiger partial charge in [-0.1, -0.05) is 275 Å². The van der Waals surface area contributed by atoms with Crippen molar-refractivity contribution in [3.63, 3.8) is 0 Å². The molecule has 0 bridgehead atoms. The van der Waals surface area contributed by atoms with Gasteiger partial charge in [-0.2, -0.15) is 0 Å². The highest BCUT2D eigenvalue weighted by Gasteiger charge is 2.11. The van der Waals surface area contributed by atoms with Gasteiger partial charge in [-0.15, -0.1) is 0 Å². The summed E-state index contributed by atoms with van der Waals surface area (Å²) in [7, 11) is 0. The van der Waals surface area contributed by atoms with E-state index in [9.17, 15) is 0 Å². The maximum absolute atomic E-state index is 6.56. The van der Waals surface area contributed by atoms with Gasteiger partial charge in [0.25, 0.3) is 0 Å². The van der Waals surface area contributed by atoms with Crippen LogP contribution in [0.4, 0.5) is 0 Å². The minimum absolute atomic E-state index is 0.396. The first-order valence-corrected chi connectivity index (χ1v) is 33.4. The van der Waals surface area contributed by atoms with Gasteiger partial charge < -0.3 is 28.4 Å². The summed E-state index contributed by atoms with van der Waals surface area (Å²) in [5, 5.41) is 0.693. The highest BCUT2D eigenvalue weighted by Crippen LogP contribution is 2.30. The lowest BCUT2D eigenvalue weighted by Crippen LogP contribution is -2.04. The molecule has 0 spiro atoms. The van der Waals surface area contributed by atoms with Gasteiger partial charge in [-0.25, -0.2) is 0 Å². The molecule has 0 fully saturated rings. The van der Waals surface area contributed by atoms with E-state index < -0.39 is 0 Å². The quantitative estimate of drug-likeness (QED) is 0.0415. The van der Waals surface area contributed by atoms with Crippen LogP contribution in [-0.4, -0.2) is 26.4 Å². The predicted octanol–water partition coefficient (Wildman–Crippen LogP) is 22.9. The molecule has 0 N–H and O–H groups in total. The molecule has 7 heteroatoms. The molecule has 3 aromatic carbocycles. The summed E-state index contributed by atoms with van der Waals surface area (Å²) in [5.41, 5.74) is 3.16. The molecule has 0 saturated carbocycles. The van der Waals surface area contributed by atoms with E-state index in [1.807, 2.05) is 6.07 Å². The SMILES string of the molecule is CCCCCCCCCCCCOc1cc(COc2cc(CBr)cc(OCc3cc(OCCCCCCCCCCCC)cc(OCCCCCCCCCCCC)c3)c2)cc(OCCCCCCCCCCCC)c1. The fourth-order valence-corrected chi connectivity index (χ4v) is 10.4. The van der Waals surface area contributed by atoms with E-state index in [1.165, 1.54) is 231 Å². The molecule has 0 saturated heterocycles. The lowest BCUT2D eigenvalue weighted by atomic mass is 10.1. The van der Waals surface area contributed by atoms with E-state index in [-0.39, 0.29) is 0 Å². The standard InChI is InChI=1S/C69H115BrO6/c1-5-9-13-17-21-25-29-33-37-41-45-71-64-51-62(52-65(55-64)72-46-42-38-34-30-26-22-18-14-10-6-2)59-75-68-49-61(58-70)50-69(57-68)76-60-63-53-66(73-47-43-39-35-31-27-23-19-15-11-7-3)56-67(54-63)74-48-44-40-36-32-28-24-20-16-12-8-4/h49-57H,5-48,58-60H2,1-4H3. The van der Waals surface area contributed by atoms with Crippen molar-refractivity contribution in [1.82, 2.24) is 0 Å². The Balaban J connectivity index is 1.60. The Hall–Kier alpha value is -3.06. The smallest absolute Gasteiger partial charge is 0.123 e. The van der Waals surface area contributed by atoms with Crippen molar-refractivity contribution in [2.24, 2.45) is 0 Å². The number of unbranched alkanes of at least 4 members (excludes halogenated alkanes) is 36. The van der Waals surface area contributed by atoms with Crippen LogP contribution in [-0.2, 0) is 18.5 Å². The normalized spacial score (nSPS) is 11.3. The topological polar surface area (TPSA) is 55.4 Å². The molecule has 76 heavy (non-hydrogen) atoms. The van der Waals surface area contributed by atoms with E-state index in [0.717, 1.165) is 76.9 Å². The first kappa shape index (κ1) is 67.2. The first-order chi connectivity index (χ1) is 37.6. The average Bonchev–Trinajstić information content (AvgIpc) is 3.43. The minimum Gasteiger partial charge on any atom is -0.493 e. The van der Waals surface area contributed by atoms with Gasteiger partial charge in [0.15, 0.2) is 0 Å². The molecule has 3 aromatic rings. The second-order valence-corrected chi connectivity index (χ2v) is 22.8. The van der Waals surface area contributed by atoms with Crippen molar-refractivity contribution in [3.05, 3.63) is 71.3 Å². The van der Waals surface area contributed by atoms with Crippen LogP contribution >= 0.6 is 15.9 Å². The van der Waals surface area contributed by atoms with Crippen molar-refractivity contribution in [2.75, 3.05) is 26.4 Å². The average molecular weight is 1120 g/mol. The molecule has 0 atom stereocenters. The zero-order chi connectivity index (χ0) is 54.0. The van der Waals surface area contributed by atoms with E-state index in [1.54, 1.807) is 0 Å². The van der Waals surface area contributed by atoms with Crippen molar-refractivity contribution in [2.45, 2.75) is 303 Å². The van der Waals surface area contributed by atoms with Crippen LogP contribution in [0.15, 0.2) is 54.6 Å². The largest absolute Gasteiger partial charge is 0.493 e. The number of alkyl halides is 1. The van der Waals surface area contributed by atoms with Crippen LogP contribution in [0.2, 0.25) is 0 Å². The van der Waals surface area contributed by atoms with Crippen LogP contribution < -0.4 is 28.4 Å². The summed E-state index contributed by atoms with van der Waals surface area (Å²) in [6.07, 6.45) is 52.4. The number of halogens is 1. The Kier molecular flexibility index (Phi) is 43.4. The Morgan fingerprint density at radius 3 is 0.618 bits per heavy atom. The van der Waals surface area contributed by atoms with Crippen LogP contribution in [0.1, 0.15) is 301 Å². The lowest BCUT2D eigenvalue weighted by molar-refractivity contribution is 0.276. The van der Waals surface area contributed by atoms with Crippen LogP contribution in [0.25, 0.3) is 0 Å². The zero-order valence-corrected chi connectivity index (χ0v) is 51.3. The van der Waals surface area contributed by atoms with E-state index in [4.69, 9.17) is 28.4 Å². The van der Waals surface area contributed by atoms with Crippen LogP contribution in [0, 0.1) is 0 Å². The number of benzene rings is 3. The van der Waals surface area contributed by atoms with Gasteiger partial charge in [0.1, 0.15) is 47.7 Å². The fraction of sp³-hybridized carbons (Fsp3) is 0.739. The minimum atomic E-state index is 0.396. The lowest BCUT2D eigenvalue weighted by Gasteiger charge is -2.15. The summed E-state index contributed by atoms with van der Waals surface area (Å²) in [4.78, 5) is 0. The van der Waals surface area contributed by atoms with Crippen LogP contribution in [0.3, 0.4) is 0 Å². The van der Waals surface area contributed by atoms with Gasteiger partial charge in [0.05, 0.1) is 26.4 Å². The molecule has 0 amide bonds. The molecule has 0 aliphatic heterocycles. The molecule has 0 radical (unpaired) electrons. The number of hydrogen-bond acceptors (Lipinski definition) is 6. The van der Waals surface area contributed by atoms with Gasteiger partial charge in [-0.05, 0) is 78.8 Å². The van der Waals surface area contributed by atoms with Crippen molar-refractivity contribution < 1.29 is 28.4 Å². The molecule has 6 nitrogen and oxygen atoms in total. The number of ether oxygens (including phenoxy) is 6. The molecular formula is C69H115BrO6. The van der Waals surface area contributed by atoms with Crippen molar-refractivity contribution in [3.8, 4) is 34.5 Å². The van der Waals surface area contributed by atoms with Crippen molar-refractivity contribution >= 4 is 15.9 Å². The third-order valence-electron chi connectivity index (χ3n) is 14.9.